The Balaban J connectivity index is 2.04. The summed E-state index contributed by atoms with van der Waals surface area (Å²) in [6.07, 6.45) is 1.61. The van der Waals surface area contributed by atoms with Gasteiger partial charge in [0.15, 0.2) is 0 Å². The van der Waals surface area contributed by atoms with Crippen molar-refractivity contribution in [3.63, 3.8) is 0 Å². The van der Waals surface area contributed by atoms with E-state index < -0.39 is 10.0 Å². The van der Waals surface area contributed by atoms with Crippen LogP contribution in [0, 0.1) is 6.92 Å². The van der Waals surface area contributed by atoms with Gasteiger partial charge >= 0.3 is 0 Å². The zero-order valence-corrected chi connectivity index (χ0v) is 14.6. The molecule has 0 aliphatic carbocycles. The molecule has 24 heavy (non-hydrogen) atoms. The second-order valence-corrected chi connectivity index (χ2v) is 8.12. The Morgan fingerprint density at radius 2 is 2.04 bits per heavy atom. The molecule has 1 aliphatic heterocycles. The van der Waals surface area contributed by atoms with Gasteiger partial charge < -0.3 is 9.42 Å². The molecule has 0 radical (unpaired) electrons. The molecular weight excluding hydrogens is 330 g/mol. The number of aromatic nitrogens is 1. The smallest absolute Gasteiger partial charge is 0.296 e. The molecule has 1 amide bonds. The van der Waals surface area contributed by atoms with Gasteiger partial charge in [0.25, 0.3) is 5.91 Å². The van der Waals surface area contributed by atoms with Gasteiger partial charge in [-0.15, -0.1) is 0 Å². The Morgan fingerprint density at radius 1 is 1.29 bits per heavy atom. The SMILES string of the molecule is Cc1cc(C(=O)N2CCCc3ccc(S(=O)(=O)N(C)C)cc32)on1. The lowest BCUT2D eigenvalue weighted by Crippen LogP contribution is -2.35. The number of fused-ring (bicyclic) bond motifs is 1. The molecule has 2 heterocycles. The van der Waals surface area contributed by atoms with E-state index in [0.717, 1.165) is 22.7 Å². The van der Waals surface area contributed by atoms with E-state index in [1.807, 2.05) is 0 Å². The number of hydrogen-bond donors (Lipinski definition) is 0. The minimum atomic E-state index is -3.56. The molecule has 1 aromatic carbocycles. The highest BCUT2D eigenvalue weighted by atomic mass is 32.2. The van der Waals surface area contributed by atoms with E-state index >= 15 is 0 Å². The van der Waals surface area contributed by atoms with Gasteiger partial charge in [0.1, 0.15) is 0 Å². The number of sulfonamides is 1. The van der Waals surface area contributed by atoms with Crippen LogP contribution in [-0.2, 0) is 16.4 Å². The number of carbonyl (C=O) groups excluding carboxylic acids is 1. The third kappa shape index (κ3) is 2.83. The lowest BCUT2D eigenvalue weighted by atomic mass is 10.0. The fourth-order valence-electron chi connectivity index (χ4n) is 2.73. The molecule has 2 aromatic rings. The van der Waals surface area contributed by atoms with Crippen LogP contribution >= 0.6 is 0 Å². The number of rotatable bonds is 3. The van der Waals surface area contributed by atoms with Crippen LogP contribution in [0.5, 0.6) is 0 Å². The Bertz CT molecular complexity index is 886. The van der Waals surface area contributed by atoms with E-state index in [1.165, 1.54) is 14.1 Å². The average Bonchev–Trinajstić information content (AvgIpc) is 2.99. The number of anilines is 1. The summed E-state index contributed by atoms with van der Waals surface area (Å²) < 4.78 is 30.9. The normalized spacial score (nSPS) is 14.8. The summed E-state index contributed by atoms with van der Waals surface area (Å²) in [4.78, 5) is 14.4. The van der Waals surface area contributed by atoms with Crippen molar-refractivity contribution in [2.24, 2.45) is 0 Å². The lowest BCUT2D eigenvalue weighted by Gasteiger charge is -2.29. The Kier molecular flexibility index (Phi) is 4.18. The predicted molar refractivity (Wildman–Crippen MR) is 88.6 cm³/mol. The summed E-state index contributed by atoms with van der Waals surface area (Å²) in [6, 6.07) is 6.50. The van der Waals surface area contributed by atoms with E-state index in [9.17, 15) is 13.2 Å². The first-order chi connectivity index (χ1) is 11.3. The van der Waals surface area contributed by atoms with Gasteiger partial charge in [-0.3, -0.25) is 4.79 Å². The topological polar surface area (TPSA) is 83.7 Å². The number of aryl methyl sites for hydroxylation is 2. The number of hydrogen-bond acceptors (Lipinski definition) is 5. The van der Waals surface area contributed by atoms with E-state index in [-0.39, 0.29) is 16.6 Å². The monoisotopic (exact) mass is 349 g/mol. The number of amides is 1. The van der Waals surface area contributed by atoms with Gasteiger partial charge in [-0.1, -0.05) is 11.2 Å². The van der Waals surface area contributed by atoms with Gasteiger partial charge in [-0.2, -0.15) is 0 Å². The number of carbonyl (C=O) groups is 1. The summed E-state index contributed by atoms with van der Waals surface area (Å²) in [5.74, 6) is -0.155. The lowest BCUT2D eigenvalue weighted by molar-refractivity contribution is 0.0949. The third-order valence-corrected chi connectivity index (χ3v) is 5.85. The maximum Gasteiger partial charge on any atom is 0.296 e. The molecular formula is C16H19N3O4S. The van der Waals surface area contributed by atoms with Crippen molar-refractivity contribution in [1.29, 1.82) is 0 Å². The molecule has 0 N–H and O–H groups in total. The Morgan fingerprint density at radius 3 is 2.67 bits per heavy atom. The van der Waals surface area contributed by atoms with Crippen LogP contribution in [0.3, 0.4) is 0 Å². The van der Waals surface area contributed by atoms with E-state index in [2.05, 4.69) is 5.16 Å². The average molecular weight is 349 g/mol. The third-order valence-electron chi connectivity index (χ3n) is 4.04. The quantitative estimate of drug-likeness (QED) is 0.844. The van der Waals surface area contributed by atoms with Gasteiger partial charge in [0, 0.05) is 32.4 Å². The molecule has 0 bridgehead atoms. The molecule has 0 saturated heterocycles. The molecule has 1 aromatic heterocycles. The van der Waals surface area contributed by atoms with Crippen LogP contribution in [0.25, 0.3) is 0 Å². The van der Waals surface area contributed by atoms with E-state index in [1.54, 1.807) is 36.1 Å². The molecule has 0 unspecified atom stereocenters. The van der Waals surface area contributed by atoms with Crippen molar-refractivity contribution < 1.29 is 17.7 Å². The molecule has 128 valence electrons. The van der Waals surface area contributed by atoms with E-state index in [0.29, 0.717) is 17.9 Å². The van der Waals surface area contributed by atoms with Gasteiger partial charge in [0.2, 0.25) is 15.8 Å². The summed E-state index contributed by atoms with van der Waals surface area (Å²) in [7, 11) is -0.598. The summed E-state index contributed by atoms with van der Waals surface area (Å²) in [6.45, 7) is 2.25. The second kappa shape index (κ2) is 6.03. The largest absolute Gasteiger partial charge is 0.351 e. The van der Waals surface area contributed by atoms with Gasteiger partial charge in [0.05, 0.1) is 10.6 Å². The van der Waals surface area contributed by atoms with Gasteiger partial charge in [-0.05, 0) is 37.5 Å². The number of benzene rings is 1. The summed E-state index contributed by atoms with van der Waals surface area (Å²) in [5.41, 5.74) is 2.19. The molecule has 0 saturated carbocycles. The molecule has 0 atom stereocenters. The minimum Gasteiger partial charge on any atom is -0.351 e. The van der Waals surface area contributed by atoms with Crippen molar-refractivity contribution in [3.05, 3.63) is 41.3 Å². The van der Waals surface area contributed by atoms with Crippen molar-refractivity contribution in [2.45, 2.75) is 24.7 Å². The highest BCUT2D eigenvalue weighted by Gasteiger charge is 2.28. The standard InChI is InChI=1S/C16H19N3O4S/c1-11-9-15(23-17-11)16(20)19-8-4-5-12-6-7-13(10-14(12)19)24(21,22)18(2)3/h6-7,9-10H,4-5,8H2,1-3H3. The maximum absolute atomic E-state index is 12.7. The van der Waals surface area contributed by atoms with Crippen LogP contribution in [0.4, 0.5) is 5.69 Å². The van der Waals surface area contributed by atoms with Crippen LogP contribution in [0.1, 0.15) is 28.2 Å². The first kappa shape index (κ1) is 16.7. The van der Waals surface area contributed by atoms with Crippen LogP contribution in [-0.4, -0.2) is 44.4 Å². The predicted octanol–water partition coefficient (Wildman–Crippen LogP) is 1.83. The van der Waals surface area contributed by atoms with Crippen LogP contribution < -0.4 is 4.90 Å². The van der Waals surface area contributed by atoms with Gasteiger partial charge in [-0.25, -0.2) is 12.7 Å². The molecule has 3 rings (SSSR count). The van der Waals surface area contributed by atoms with E-state index in [4.69, 9.17) is 4.52 Å². The fraction of sp³-hybridized carbons (Fsp3) is 0.375. The highest BCUT2D eigenvalue weighted by Crippen LogP contribution is 2.31. The minimum absolute atomic E-state index is 0.154. The highest BCUT2D eigenvalue weighted by molar-refractivity contribution is 7.89. The summed E-state index contributed by atoms with van der Waals surface area (Å²) >= 11 is 0. The molecule has 8 heteroatoms. The fourth-order valence-corrected chi connectivity index (χ4v) is 3.66. The van der Waals surface area contributed by atoms with Crippen molar-refractivity contribution >= 4 is 21.6 Å². The Hall–Kier alpha value is -2.19. The van der Waals surface area contributed by atoms with Crippen LogP contribution in [0.15, 0.2) is 33.7 Å². The number of nitrogens with zero attached hydrogens (tertiary/aromatic N) is 3. The molecule has 7 nitrogen and oxygen atoms in total. The summed E-state index contributed by atoms with van der Waals surface area (Å²) in [5, 5.41) is 3.74. The molecule has 0 fully saturated rings. The molecule has 0 spiro atoms. The molecule has 1 aliphatic rings. The first-order valence-electron chi connectivity index (χ1n) is 7.61. The zero-order valence-electron chi connectivity index (χ0n) is 13.8. The first-order valence-corrected chi connectivity index (χ1v) is 9.05. The van der Waals surface area contributed by atoms with Crippen molar-refractivity contribution in [2.75, 3.05) is 25.5 Å². The van der Waals surface area contributed by atoms with Crippen molar-refractivity contribution in [1.82, 2.24) is 9.46 Å². The maximum atomic E-state index is 12.7. The Labute approximate surface area is 140 Å². The van der Waals surface area contributed by atoms with Crippen LogP contribution in [0.2, 0.25) is 0 Å². The zero-order chi connectivity index (χ0) is 17.5. The second-order valence-electron chi connectivity index (χ2n) is 5.97. The van der Waals surface area contributed by atoms with Crippen molar-refractivity contribution in [3.8, 4) is 0 Å².